The highest BCUT2D eigenvalue weighted by molar-refractivity contribution is 6.35. The summed E-state index contributed by atoms with van der Waals surface area (Å²) in [5, 5.41) is 12.6. The summed E-state index contributed by atoms with van der Waals surface area (Å²) >= 11 is 12.1. The van der Waals surface area contributed by atoms with E-state index in [9.17, 15) is 4.79 Å². The van der Waals surface area contributed by atoms with Crippen molar-refractivity contribution in [3.05, 3.63) is 64.9 Å². The molecular weight excluding hydrogens is 409 g/mol. The zero-order valence-corrected chi connectivity index (χ0v) is 17.1. The third kappa shape index (κ3) is 4.66. The summed E-state index contributed by atoms with van der Waals surface area (Å²) in [6.07, 6.45) is 4.93. The van der Waals surface area contributed by atoms with Crippen molar-refractivity contribution in [3.8, 4) is 11.3 Å². The van der Waals surface area contributed by atoms with Gasteiger partial charge in [-0.25, -0.2) is 0 Å². The summed E-state index contributed by atoms with van der Waals surface area (Å²) < 4.78 is 0. The normalized spacial score (nSPS) is 14.6. The molecule has 29 heavy (non-hydrogen) atoms. The molecule has 0 radical (unpaired) electrons. The van der Waals surface area contributed by atoms with Crippen LogP contribution in [-0.4, -0.2) is 34.2 Å². The predicted octanol–water partition coefficient (Wildman–Crippen LogP) is 4.70. The number of piperidine rings is 1. The second-order valence-corrected chi connectivity index (χ2v) is 7.73. The van der Waals surface area contributed by atoms with Crippen LogP contribution in [0.2, 0.25) is 10.0 Å². The number of rotatable bonds is 4. The molecule has 0 aliphatic carbocycles. The van der Waals surface area contributed by atoms with Gasteiger partial charge < -0.3 is 10.2 Å². The minimum atomic E-state index is -0.0784. The van der Waals surface area contributed by atoms with Crippen molar-refractivity contribution >= 4 is 40.6 Å². The Morgan fingerprint density at radius 1 is 1.00 bits per heavy atom. The van der Waals surface area contributed by atoms with E-state index in [1.165, 1.54) is 0 Å². The molecule has 1 amide bonds. The number of nitrogens with zero attached hydrogens (tertiary/aromatic N) is 4. The highest BCUT2D eigenvalue weighted by Crippen LogP contribution is 2.28. The van der Waals surface area contributed by atoms with Crippen LogP contribution in [0.25, 0.3) is 11.3 Å². The summed E-state index contributed by atoms with van der Waals surface area (Å²) in [5.74, 6) is 0.706. The number of carbonyl (C=O) groups excluding carboxylic acids is 1. The average molecular weight is 428 g/mol. The van der Waals surface area contributed by atoms with E-state index in [1.54, 1.807) is 30.6 Å². The molecule has 0 bridgehead atoms. The minimum absolute atomic E-state index is 0.0343. The van der Waals surface area contributed by atoms with E-state index in [1.807, 2.05) is 24.3 Å². The first kappa shape index (κ1) is 19.6. The zero-order chi connectivity index (χ0) is 20.2. The van der Waals surface area contributed by atoms with Crippen LogP contribution in [0.4, 0.5) is 11.5 Å². The lowest BCUT2D eigenvalue weighted by atomic mass is 9.96. The van der Waals surface area contributed by atoms with Crippen molar-refractivity contribution < 1.29 is 4.79 Å². The number of halogens is 2. The number of amides is 1. The monoisotopic (exact) mass is 427 g/mol. The van der Waals surface area contributed by atoms with Gasteiger partial charge in [0, 0.05) is 42.0 Å². The van der Waals surface area contributed by atoms with Gasteiger partial charge in [-0.3, -0.25) is 9.78 Å². The highest BCUT2D eigenvalue weighted by Gasteiger charge is 2.26. The maximum atomic E-state index is 12.6. The molecule has 1 aliphatic rings. The molecule has 0 spiro atoms. The summed E-state index contributed by atoms with van der Waals surface area (Å²) in [7, 11) is 0. The van der Waals surface area contributed by atoms with E-state index >= 15 is 0 Å². The van der Waals surface area contributed by atoms with Crippen molar-refractivity contribution in [2.45, 2.75) is 12.8 Å². The topological polar surface area (TPSA) is 71.0 Å². The van der Waals surface area contributed by atoms with E-state index < -0.39 is 0 Å². The Morgan fingerprint density at radius 2 is 1.76 bits per heavy atom. The largest absolute Gasteiger partial charge is 0.355 e. The van der Waals surface area contributed by atoms with Crippen LogP contribution in [0.1, 0.15) is 12.8 Å². The van der Waals surface area contributed by atoms with Crippen LogP contribution in [0, 0.1) is 5.92 Å². The van der Waals surface area contributed by atoms with Gasteiger partial charge in [0.1, 0.15) is 0 Å². The van der Waals surface area contributed by atoms with Gasteiger partial charge in [-0.15, -0.1) is 10.2 Å². The minimum Gasteiger partial charge on any atom is -0.355 e. The number of aromatic nitrogens is 3. The molecule has 1 fully saturated rings. The number of pyridine rings is 1. The van der Waals surface area contributed by atoms with E-state index in [2.05, 4.69) is 25.4 Å². The summed E-state index contributed by atoms with van der Waals surface area (Å²) in [4.78, 5) is 18.8. The molecule has 4 rings (SSSR count). The standard InChI is InChI=1S/C21H19Cl2N5O/c22-16-1-2-17(23)19(13-16)25-21(29)15-7-11-28(12-8-15)20-4-3-18(26-27-20)14-5-9-24-10-6-14/h1-6,9-10,13,15H,7-8,11-12H2,(H,25,29). The molecule has 0 saturated carbocycles. The average Bonchev–Trinajstić information content (AvgIpc) is 2.77. The maximum Gasteiger partial charge on any atom is 0.227 e. The maximum absolute atomic E-state index is 12.6. The Hall–Kier alpha value is -2.70. The zero-order valence-electron chi connectivity index (χ0n) is 15.6. The van der Waals surface area contributed by atoms with E-state index in [0.29, 0.717) is 15.7 Å². The van der Waals surface area contributed by atoms with E-state index in [0.717, 1.165) is 43.0 Å². The van der Waals surface area contributed by atoms with Crippen LogP contribution >= 0.6 is 23.2 Å². The highest BCUT2D eigenvalue weighted by atomic mass is 35.5. The van der Waals surface area contributed by atoms with Gasteiger partial charge in [-0.2, -0.15) is 0 Å². The van der Waals surface area contributed by atoms with Crippen molar-refractivity contribution in [3.63, 3.8) is 0 Å². The fraction of sp³-hybridized carbons (Fsp3) is 0.238. The molecule has 1 aliphatic heterocycles. The first-order valence-electron chi connectivity index (χ1n) is 9.35. The summed E-state index contributed by atoms with van der Waals surface area (Å²) in [6.45, 7) is 1.48. The van der Waals surface area contributed by atoms with Gasteiger partial charge in [0.15, 0.2) is 5.82 Å². The lowest BCUT2D eigenvalue weighted by Crippen LogP contribution is -2.38. The lowest BCUT2D eigenvalue weighted by Gasteiger charge is -2.31. The molecule has 1 N–H and O–H groups in total. The predicted molar refractivity (Wildman–Crippen MR) is 115 cm³/mol. The summed E-state index contributed by atoms with van der Waals surface area (Å²) in [5.41, 5.74) is 2.34. The molecule has 1 aromatic carbocycles. The first-order valence-corrected chi connectivity index (χ1v) is 10.1. The van der Waals surface area contributed by atoms with Crippen LogP contribution in [0.5, 0.6) is 0 Å². The second-order valence-electron chi connectivity index (χ2n) is 6.89. The van der Waals surface area contributed by atoms with Gasteiger partial charge in [0.05, 0.1) is 16.4 Å². The fourth-order valence-corrected chi connectivity index (χ4v) is 3.71. The van der Waals surface area contributed by atoms with E-state index in [4.69, 9.17) is 23.2 Å². The SMILES string of the molecule is O=C(Nc1cc(Cl)ccc1Cl)C1CCN(c2ccc(-c3ccncc3)nn2)CC1. The molecular formula is C21H19Cl2N5O. The molecule has 6 nitrogen and oxygen atoms in total. The fourth-order valence-electron chi connectivity index (χ4n) is 3.37. The number of benzene rings is 1. The Kier molecular flexibility index (Phi) is 5.92. The van der Waals surface area contributed by atoms with Crippen molar-refractivity contribution in [2.75, 3.05) is 23.3 Å². The van der Waals surface area contributed by atoms with Crippen LogP contribution in [0.15, 0.2) is 54.9 Å². The number of carbonyl (C=O) groups is 1. The van der Waals surface area contributed by atoms with Crippen LogP contribution < -0.4 is 10.2 Å². The Labute approximate surface area is 178 Å². The Morgan fingerprint density at radius 3 is 2.45 bits per heavy atom. The third-order valence-corrected chi connectivity index (χ3v) is 5.57. The van der Waals surface area contributed by atoms with Crippen LogP contribution in [-0.2, 0) is 4.79 Å². The second kappa shape index (κ2) is 8.76. The molecule has 0 unspecified atom stereocenters. The molecule has 3 heterocycles. The Bertz CT molecular complexity index is 990. The van der Waals surface area contributed by atoms with Gasteiger partial charge in [-0.1, -0.05) is 23.2 Å². The molecule has 2 aromatic heterocycles. The number of hydrogen-bond donors (Lipinski definition) is 1. The number of nitrogens with one attached hydrogen (secondary N) is 1. The van der Waals surface area contributed by atoms with Gasteiger partial charge >= 0.3 is 0 Å². The van der Waals surface area contributed by atoms with Crippen LogP contribution in [0.3, 0.4) is 0 Å². The van der Waals surface area contributed by atoms with Gasteiger partial charge in [0.25, 0.3) is 0 Å². The molecule has 3 aromatic rings. The van der Waals surface area contributed by atoms with Gasteiger partial charge in [0.2, 0.25) is 5.91 Å². The number of hydrogen-bond acceptors (Lipinski definition) is 5. The lowest BCUT2D eigenvalue weighted by molar-refractivity contribution is -0.120. The van der Waals surface area contributed by atoms with Crippen molar-refractivity contribution in [2.24, 2.45) is 5.92 Å². The molecule has 8 heteroatoms. The van der Waals surface area contributed by atoms with Crippen molar-refractivity contribution in [1.29, 1.82) is 0 Å². The quantitative estimate of drug-likeness (QED) is 0.652. The molecule has 1 saturated heterocycles. The van der Waals surface area contributed by atoms with Crippen molar-refractivity contribution in [1.82, 2.24) is 15.2 Å². The molecule has 148 valence electrons. The number of anilines is 2. The molecule has 0 atom stereocenters. The smallest absolute Gasteiger partial charge is 0.227 e. The van der Waals surface area contributed by atoms with E-state index in [-0.39, 0.29) is 11.8 Å². The Balaban J connectivity index is 1.35. The first-order chi connectivity index (χ1) is 14.1. The van der Waals surface area contributed by atoms with Gasteiger partial charge in [-0.05, 0) is 55.3 Å². The third-order valence-electron chi connectivity index (χ3n) is 5.00. The summed E-state index contributed by atoms with van der Waals surface area (Å²) in [6, 6.07) is 12.8.